The van der Waals surface area contributed by atoms with Crippen LogP contribution in [-0.4, -0.2) is 30.8 Å². The Bertz CT molecular complexity index is 893. The number of carbonyl (C=O) groups is 3. The summed E-state index contributed by atoms with van der Waals surface area (Å²) < 4.78 is 5.24. The molecule has 1 heterocycles. The van der Waals surface area contributed by atoms with Crippen molar-refractivity contribution in [2.45, 2.75) is 33.6 Å². The molecule has 0 aromatic heterocycles. The van der Waals surface area contributed by atoms with Crippen LogP contribution in [0.2, 0.25) is 0 Å². The number of rotatable bonds is 5. The highest BCUT2D eigenvalue weighted by atomic mass is 16.5. The van der Waals surface area contributed by atoms with Crippen molar-refractivity contribution in [3.8, 4) is 0 Å². The number of aryl methyl sites for hydroxylation is 3. The first kappa shape index (κ1) is 18.8. The normalized spacial score (nSPS) is 13.7. The fraction of sp³-hybridized carbons (Fsp3) is 0.318. The molecule has 0 bridgehead atoms. The van der Waals surface area contributed by atoms with Crippen LogP contribution < -0.4 is 4.90 Å². The number of Topliss-reactive ketones (excluding diaryl/α,β-unsaturated/α-hetero) is 1. The van der Waals surface area contributed by atoms with Gasteiger partial charge in [0.1, 0.15) is 0 Å². The Morgan fingerprint density at radius 3 is 2.41 bits per heavy atom. The predicted octanol–water partition coefficient (Wildman–Crippen LogP) is 3.78. The molecule has 1 saturated heterocycles. The number of nitrogens with zero attached hydrogens (tertiary/aromatic N) is 1. The number of esters is 1. The van der Waals surface area contributed by atoms with E-state index in [9.17, 15) is 14.4 Å². The molecule has 140 valence electrons. The van der Waals surface area contributed by atoms with Crippen molar-refractivity contribution in [1.29, 1.82) is 0 Å². The Labute approximate surface area is 158 Å². The Hall–Kier alpha value is -2.95. The van der Waals surface area contributed by atoms with Crippen LogP contribution in [0.5, 0.6) is 0 Å². The Balaban J connectivity index is 1.69. The third kappa shape index (κ3) is 4.08. The van der Waals surface area contributed by atoms with Gasteiger partial charge in [-0.05, 0) is 56.5 Å². The van der Waals surface area contributed by atoms with E-state index in [2.05, 4.69) is 0 Å². The molecule has 0 N–H and O–H groups in total. The quantitative estimate of drug-likeness (QED) is 0.597. The lowest BCUT2D eigenvalue weighted by atomic mass is 9.97. The molecule has 1 fully saturated rings. The number of hydrogen-bond donors (Lipinski definition) is 0. The van der Waals surface area contributed by atoms with Gasteiger partial charge < -0.3 is 9.64 Å². The van der Waals surface area contributed by atoms with Crippen LogP contribution in [0, 0.1) is 20.8 Å². The van der Waals surface area contributed by atoms with E-state index in [1.165, 1.54) is 0 Å². The minimum absolute atomic E-state index is 0.0565. The van der Waals surface area contributed by atoms with Crippen LogP contribution in [0.1, 0.15) is 50.2 Å². The van der Waals surface area contributed by atoms with Crippen LogP contribution in [0.15, 0.2) is 36.4 Å². The number of anilines is 1. The molecule has 2 aromatic carbocycles. The number of benzene rings is 2. The van der Waals surface area contributed by atoms with Crippen molar-refractivity contribution in [2.75, 3.05) is 18.1 Å². The highest BCUT2D eigenvalue weighted by Gasteiger charge is 2.23. The maximum Gasteiger partial charge on any atom is 0.338 e. The molecule has 0 unspecified atom stereocenters. The number of carbonyl (C=O) groups excluding carboxylic acids is 3. The molecule has 1 aliphatic heterocycles. The second-order valence-electron chi connectivity index (χ2n) is 6.97. The van der Waals surface area contributed by atoms with Gasteiger partial charge in [0, 0.05) is 24.2 Å². The van der Waals surface area contributed by atoms with Gasteiger partial charge in [-0.1, -0.05) is 23.8 Å². The zero-order chi connectivity index (χ0) is 19.6. The first-order chi connectivity index (χ1) is 12.9. The first-order valence-electron chi connectivity index (χ1n) is 9.05. The highest BCUT2D eigenvalue weighted by Crippen LogP contribution is 2.23. The second kappa shape index (κ2) is 7.74. The van der Waals surface area contributed by atoms with E-state index < -0.39 is 5.97 Å². The van der Waals surface area contributed by atoms with Crippen LogP contribution in [0.25, 0.3) is 0 Å². The zero-order valence-corrected chi connectivity index (χ0v) is 15.9. The summed E-state index contributed by atoms with van der Waals surface area (Å²) in [7, 11) is 0. The summed E-state index contributed by atoms with van der Waals surface area (Å²) in [5.74, 6) is -0.732. The Morgan fingerprint density at radius 1 is 1.07 bits per heavy atom. The molecular weight excluding hydrogens is 342 g/mol. The largest absolute Gasteiger partial charge is 0.454 e. The summed E-state index contributed by atoms with van der Waals surface area (Å²) in [6.07, 6.45) is 1.34. The number of ketones is 1. The first-order valence-corrected chi connectivity index (χ1v) is 9.05. The summed E-state index contributed by atoms with van der Waals surface area (Å²) in [6.45, 7) is 6.09. The fourth-order valence-electron chi connectivity index (χ4n) is 3.63. The molecule has 0 saturated carbocycles. The van der Waals surface area contributed by atoms with Crippen LogP contribution in [0.4, 0.5) is 5.69 Å². The minimum Gasteiger partial charge on any atom is -0.454 e. The van der Waals surface area contributed by atoms with E-state index in [0.29, 0.717) is 29.8 Å². The average Bonchev–Trinajstić information content (AvgIpc) is 3.05. The molecule has 0 atom stereocenters. The van der Waals surface area contributed by atoms with Crippen molar-refractivity contribution in [1.82, 2.24) is 0 Å². The molecule has 0 spiro atoms. The smallest absolute Gasteiger partial charge is 0.338 e. The molecule has 0 aliphatic carbocycles. The van der Waals surface area contributed by atoms with Gasteiger partial charge in [-0.3, -0.25) is 9.59 Å². The molecular formula is C22H23NO4. The van der Waals surface area contributed by atoms with Crippen molar-refractivity contribution in [3.63, 3.8) is 0 Å². The summed E-state index contributed by atoms with van der Waals surface area (Å²) in [4.78, 5) is 38.4. The van der Waals surface area contributed by atoms with Gasteiger partial charge in [-0.2, -0.15) is 0 Å². The third-order valence-electron chi connectivity index (χ3n) is 4.76. The summed E-state index contributed by atoms with van der Waals surface area (Å²) >= 11 is 0. The van der Waals surface area contributed by atoms with Gasteiger partial charge in [0.2, 0.25) is 11.7 Å². The van der Waals surface area contributed by atoms with Gasteiger partial charge in [-0.15, -0.1) is 0 Å². The maximum absolute atomic E-state index is 12.5. The number of hydrogen-bond acceptors (Lipinski definition) is 4. The van der Waals surface area contributed by atoms with Gasteiger partial charge in [0.05, 0.1) is 5.56 Å². The molecule has 5 nitrogen and oxygen atoms in total. The zero-order valence-electron chi connectivity index (χ0n) is 15.9. The molecule has 2 aromatic rings. The van der Waals surface area contributed by atoms with Crippen LogP contribution in [-0.2, 0) is 9.53 Å². The van der Waals surface area contributed by atoms with Gasteiger partial charge >= 0.3 is 5.97 Å². The molecule has 1 amide bonds. The SMILES string of the molecule is Cc1cc(C)c(C(=O)COC(=O)c2cccc(N3CCCC3=O)c2)c(C)c1. The lowest BCUT2D eigenvalue weighted by Gasteiger charge is -2.16. The Kier molecular flexibility index (Phi) is 5.40. The van der Waals surface area contributed by atoms with E-state index in [-0.39, 0.29) is 18.3 Å². The molecule has 0 radical (unpaired) electrons. The molecule has 5 heteroatoms. The monoisotopic (exact) mass is 365 g/mol. The van der Waals surface area contributed by atoms with E-state index in [1.54, 1.807) is 29.2 Å². The van der Waals surface area contributed by atoms with Crippen molar-refractivity contribution in [2.24, 2.45) is 0 Å². The van der Waals surface area contributed by atoms with Crippen molar-refractivity contribution in [3.05, 3.63) is 64.2 Å². The Morgan fingerprint density at radius 2 is 1.78 bits per heavy atom. The third-order valence-corrected chi connectivity index (χ3v) is 4.76. The summed E-state index contributed by atoms with van der Waals surface area (Å²) in [5, 5.41) is 0. The summed E-state index contributed by atoms with van der Waals surface area (Å²) in [5.41, 5.74) is 4.46. The second-order valence-corrected chi connectivity index (χ2v) is 6.97. The number of amides is 1. The van der Waals surface area contributed by atoms with Crippen molar-refractivity contribution < 1.29 is 19.1 Å². The number of ether oxygens (including phenoxy) is 1. The van der Waals surface area contributed by atoms with Gasteiger partial charge in [0.25, 0.3) is 0 Å². The fourth-order valence-corrected chi connectivity index (χ4v) is 3.63. The lowest BCUT2D eigenvalue weighted by Crippen LogP contribution is -2.24. The van der Waals surface area contributed by atoms with E-state index in [0.717, 1.165) is 23.1 Å². The standard InChI is InChI=1S/C22H23NO4/c1-14-10-15(2)21(16(3)11-14)19(24)13-27-22(26)17-6-4-7-18(12-17)23-9-5-8-20(23)25/h4,6-7,10-12H,5,8-9,13H2,1-3H3. The van der Waals surface area contributed by atoms with Gasteiger partial charge in [-0.25, -0.2) is 4.79 Å². The van der Waals surface area contributed by atoms with Crippen LogP contribution >= 0.6 is 0 Å². The van der Waals surface area contributed by atoms with Crippen molar-refractivity contribution >= 4 is 23.3 Å². The topological polar surface area (TPSA) is 63.7 Å². The van der Waals surface area contributed by atoms with E-state index in [1.807, 2.05) is 32.9 Å². The molecule has 27 heavy (non-hydrogen) atoms. The summed E-state index contributed by atoms with van der Waals surface area (Å²) in [6, 6.07) is 10.7. The van der Waals surface area contributed by atoms with E-state index in [4.69, 9.17) is 4.74 Å². The lowest BCUT2D eigenvalue weighted by molar-refractivity contribution is -0.117. The molecule has 3 rings (SSSR count). The van der Waals surface area contributed by atoms with Gasteiger partial charge in [0.15, 0.2) is 6.61 Å². The molecule has 1 aliphatic rings. The average molecular weight is 365 g/mol. The highest BCUT2D eigenvalue weighted by molar-refractivity contribution is 6.02. The minimum atomic E-state index is -0.570. The predicted molar refractivity (Wildman–Crippen MR) is 103 cm³/mol. The maximum atomic E-state index is 12.5. The van der Waals surface area contributed by atoms with E-state index >= 15 is 0 Å². The van der Waals surface area contributed by atoms with Crippen LogP contribution in [0.3, 0.4) is 0 Å².